The molecule has 1 unspecified atom stereocenters. The second-order valence-electron chi connectivity index (χ2n) is 5.13. The third kappa shape index (κ3) is 2.38. The van der Waals surface area contributed by atoms with E-state index in [0.717, 1.165) is 28.1 Å². The first-order chi connectivity index (χ1) is 9.99. The molecule has 0 aliphatic carbocycles. The maximum Gasteiger partial charge on any atom is 0.129 e. The Hall–Kier alpha value is -1.66. The van der Waals surface area contributed by atoms with Gasteiger partial charge in [0.2, 0.25) is 0 Å². The Kier molecular flexibility index (Phi) is 3.59. The van der Waals surface area contributed by atoms with E-state index in [1.165, 1.54) is 17.3 Å². The summed E-state index contributed by atoms with van der Waals surface area (Å²) in [7, 11) is 1.95. The molecular formula is C14H16ClN5S. The van der Waals surface area contributed by atoms with Crippen LogP contribution in [0.5, 0.6) is 0 Å². The molecule has 0 bridgehead atoms. The highest BCUT2D eigenvalue weighted by atomic mass is 35.5. The fraction of sp³-hybridized carbons (Fsp3) is 0.357. The van der Waals surface area contributed by atoms with Gasteiger partial charge in [0.25, 0.3) is 0 Å². The molecular weight excluding hydrogens is 306 g/mol. The first-order valence-electron chi connectivity index (χ1n) is 6.66. The fourth-order valence-corrected chi connectivity index (χ4v) is 3.42. The van der Waals surface area contributed by atoms with Crippen LogP contribution in [0.1, 0.15) is 29.9 Å². The summed E-state index contributed by atoms with van der Waals surface area (Å²) in [6.07, 6.45) is 0. The molecule has 0 saturated carbocycles. The van der Waals surface area contributed by atoms with Crippen LogP contribution in [-0.4, -0.2) is 18.5 Å². The fourth-order valence-electron chi connectivity index (χ4n) is 2.67. The summed E-state index contributed by atoms with van der Waals surface area (Å²) in [6.45, 7) is 6.19. The standard InChI is InChI=1S/C14H16ClN5S/c1-7(12-8(2)17-20(4)9(12)3)16-13-10(15)5-6-11-14(13)19-21-18-11/h5-7,16H,1-4H3. The molecule has 3 aromatic rings. The van der Waals surface area contributed by atoms with Gasteiger partial charge in [0, 0.05) is 18.3 Å². The van der Waals surface area contributed by atoms with Crippen LogP contribution in [-0.2, 0) is 7.05 Å². The molecule has 5 nitrogen and oxygen atoms in total. The Morgan fingerprint density at radius 1 is 1.29 bits per heavy atom. The minimum Gasteiger partial charge on any atom is -0.375 e. The summed E-state index contributed by atoms with van der Waals surface area (Å²) in [5.74, 6) is 0. The highest BCUT2D eigenvalue weighted by Crippen LogP contribution is 2.33. The smallest absolute Gasteiger partial charge is 0.129 e. The quantitative estimate of drug-likeness (QED) is 0.795. The van der Waals surface area contributed by atoms with Gasteiger partial charge in [0.15, 0.2) is 0 Å². The Labute approximate surface area is 132 Å². The van der Waals surface area contributed by atoms with E-state index in [4.69, 9.17) is 11.6 Å². The molecule has 3 rings (SSSR count). The molecule has 1 N–H and O–H groups in total. The predicted molar refractivity (Wildman–Crippen MR) is 87.1 cm³/mol. The molecule has 1 aromatic carbocycles. The summed E-state index contributed by atoms with van der Waals surface area (Å²) in [5.41, 5.74) is 5.87. The van der Waals surface area contributed by atoms with Crippen LogP contribution in [0.2, 0.25) is 5.02 Å². The van der Waals surface area contributed by atoms with Crippen molar-refractivity contribution in [2.75, 3.05) is 5.32 Å². The number of hydrogen-bond acceptors (Lipinski definition) is 5. The molecule has 21 heavy (non-hydrogen) atoms. The largest absolute Gasteiger partial charge is 0.375 e. The van der Waals surface area contributed by atoms with Crippen molar-refractivity contribution in [1.29, 1.82) is 0 Å². The van der Waals surface area contributed by atoms with Crippen LogP contribution in [0.25, 0.3) is 11.0 Å². The lowest BCUT2D eigenvalue weighted by Crippen LogP contribution is -2.09. The average Bonchev–Trinajstić information content (AvgIpc) is 2.99. The van der Waals surface area contributed by atoms with Gasteiger partial charge < -0.3 is 5.32 Å². The SMILES string of the molecule is Cc1nn(C)c(C)c1C(C)Nc1c(Cl)ccc2nsnc12. The number of halogens is 1. The normalized spacial score (nSPS) is 12.8. The second-order valence-corrected chi connectivity index (χ2v) is 6.06. The number of nitrogens with one attached hydrogen (secondary N) is 1. The van der Waals surface area contributed by atoms with Crippen LogP contribution in [0.3, 0.4) is 0 Å². The summed E-state index contributed by atoms with van der Waals surface area (Å²) < 4.78 is 10.5. The third-order valence-electron chi connectivity index (χ3n) is 3.74. The van der Waals surface area contributed by atoms with Crippen molar-refractivity contribution in [3.05, 3.63) is 34.1 Å². The van der Waals surface area contributed by atoms with Crippen LogP contribution in [0.4, 0.5) is 5.69 Å². The van der Waals surface area contributed by atoms with Gasteiger partial charge in [0.05, 0.1) is 34.2 Å². The zero-order valence-corrected chi connectivity index (χ0v) is 13.9. The number of rotatable bonds is 3. The molecule has 1 atom stereocenters. The second kappa shape index (κ2) is 5.27. The maximum absolute atomic E-state index is 6.33. The van der Waals surface area contributed by atoms with Crippen molar-refractivity contribution in [2.45, 2.75) is 26.8 Å². The highest BCUT2D eigenvalue weighted by Gasteiger charge is 2.19. The van der Waals surface area contributed by atoms with Gasteiger partial charge in [-0.15, -0.1) is 0 Å². The van der Waals surface area contributed by atoms with Crippen molar-refractivity contribution in [1.82, 2.24) is 18.5 Å². The first-order valence-corrected chi connectivity index (χ1v) is 7.77. The van der Waals surface area contributed by atoms with Crippen molar-refractivity contribution in [3.63, 3.8) is 0 Å². The molecule has 0 amide bonds. The minimum atomic E-state index is 0.0866. The van der Waals surface area contributed by atoms with Crippen molar-refractivity contribution >= 4 is 40.0 Å². The number of aryl methyl sites for hydroxylation is 2. The van der Waals surface area contributed by atoms with Gasteiger partial charge >= 0.3 is 0 Å². The summed E-state index contributed by atoms with van der Waals surface area (Å²) in [4.78, 5) is 0. The van der Waals surface area contributed by atoms with E-state index in [0.29, 0.717) is 5.02 Å². The average molecular weight is 322 g/mol. The van der Waals surface area contributed by atoms with Crippen molar-refractivity contribution < 1.29 is 0 Å². The summed E-state index contributed by atoms with van der Waals surface area (Å²) in [6, 6.07) is 3.82. The molecule has 0 aliphatic rings. The molecule has 7 heteroatoms. The Bertz CT molecular complexity index is 807. The maximum atomic E-state index is 6.33. The molecule has 0 aliphatic heterocycles. The van der Waals surface area contributed by atoms with Gasteiger partial charge in [-0.25, -0.2) is 0 Å². The Morgan fingerprint density at radius 3 is 2.71 bits per heavy atom. The monoisotopic (exact) mass is 321 g/mol. The van der Waals surface area contributed by atoms with Gasteiger partial charge in [0.1, 0.15) is 11.0 Å². The highest BCUT2D eigenvalue weighted by molar-refractivity contribution is 7.00. The third-order valence-corrected chi connectivity index (χ3v) is 4.59. The van der Waals surface area contributed by atoms with Gasteiger partial charge in [-0.2, -0.15) is 13.8 Å². The van der Waals surface area contributed by atoms with Crippen LogP contribution >= 0.6 is 23.3 Å². The number of hydrogen-bond donors (Lipinski definition) is 1. The van der Waals surface area contributed by atoms with Crippen LogP contribution in [0.15, 0.2) is 12.1 Å². The lowest BCUT2D eigenvalue weighted by molar-refractivity contribution is 0.728. The van der Waals surface area contributed by atoms with E-state index in [1.54, 1.807) is 0 Å². The van der Waals surface area contributed by atoms with E-state index in [9.17, 15) is 0 Å². The summed E-state index contributed by atoms with van der Waals surface area (Å²) in [5, 5.41) is 8.59. The number of aromatic nitrogens is 4. The van der Waals surface area contributed by atoms with E-state index >= 15 is 0 Å². The van der Waals surface area contributed by atoms with Crippen LogP contribution < -0.4 is 5.32 Å². The van der Waals surface area contributed by atoms with Crippen molar-refractivity contribution in [3.8, 4) is 0 Å². The molecule has 0 fully saturated rings. The van der Waals surface area contributed by atoms with E-state index in [1.807, 2.05) is 30.8 Å². The topological polar surface area (TPSA) is 55.6 Å². The molecule has 2 heterocycles. The molecule has 0 radical (unpaired) electrons. The van der Waals surface area contributed by atoms with E-state index in [-0.39, 0.29) is 6.04 Å². The van der Waals surface area contributed by atoms with E-state index < -0.39 is 0 Å². The molecule has 110 valence electrons. The Morgan fingerprint density at radius 2 is 2.05 bits per heavy atom. The zero-order chi connectivity index (χ0) is 15.1. The molecule has 2 aromatic heterocycles. The lowest BCUT2D eigenvalue weighted by atomic mass is 10.1. The van der Waals surface area contributed by atoms with Crippen molar-refractivity contribution in [2.24, 2.45) is 7.05 Å². The first kappa shape index (κ1) is 14.3. The number of fused-ring (bicyclic) bond motifs is 1. The van der Waals surface area contributed by atoms with Gasteiger partial charge in [-0.05, 0) is 32.9 Å². The molecule has 0 saturated heterocycles. The lowest BCUT2D eigenvalue weighted by Gasteiger charge is -2.17. The van der Waals surface area contributed by atoms with Crippen LogP contribution in [0, 0.1) is 13.8 Å². The van der Waals surface area contributed by atoms with E-state index in [2.05, 4.69) is 33.0 Å². The number of benzene rings is 1. The Balaban J connectivity index is 2.02. The number of nitrogens with zero attached hydrogens (tertiary/aromatic N) is 4. The molecule has 0 spiro atoms. The summed E-state index contributed by atoms with van der Waals surface area (Å²) >= 11 is 7.52. The minimum absolute atomic E-state index is 0.0866. The van der Waals surface area contributed by atoms with Gasteiger partial charge in [-0.1, -0.05) is 11.6 Å². The number of anilines is 1. The van der Waals surface area contributed by atoms with Gasteiger partial charge in [-0.3, -0.25) is 4.68 Å². The zero-order valence-electron chi connectivity index (χ0n) is 12.3. The predicted octanol–water partition coefficient (Wildman–Crippen LogP) is 3.87.